The molecule has 162 valence electrons. The Hall–Kier alpha value is -2.41. The third-order valence-electron chi connectivity index (χ3n) is 6.67. The smallest absolute Gasteiger partial charge is 0.325 e. The van der Waals surface area contributed by atoms with E-state index in [0.29, 0.717) is 19.4 Å². The summed E-state index contributed by atoms with van der Waals surface area (Å²) in [4.78, 5) is 43.3. The van der Waals surface area contributed by atoms with E-state index in [0.717, 1.165) is 64.8 Å². The number of carbonyl (C=O) groups excluding carboxylic acids is 3. The lowest BCUT2D eigenvalue weighted by Crippen LogP contribution is -2.44. The maximum absolute atomic E-state index is 12.7. The number of hydrogen-bond acceptors (Lipinski definition) is 4. The Morgan fingerprint density at radius 3 is 2.50 bits per heavy atom. The zero-order valence-electron chi connectivity index (χ0n) is 17.6. The van der Waals surface area contributed by atoms with E-state index in [2.05, 4.69) is 34.5 Å². The number of imide groups is 1. The number of amides is 4. The van der Waals surface area contributed by atoms with Gasteiger partial charge in [-0.3, -0.25) is 19.4 Å². The lowest BCUT2D eigenvalue weighted by atomic mass is 9.98. The van der Waals surface area contributed by atoms with E-state index in [1.54, 1.807) is 0 Å². The van der Waals surface area contributed by atoms with Crippen molar-refractivity contribution in [2.75, 3.05) is 32.7 Å². The fraction of sp³-hybridized carbons (Fsp3) is 0.609. The summed E-state index contributed by atoms with van der Waals surface area (Å²) in [5.74, 6) is 0.0305. The molecule has 30 heavy (non-hydrogen) atoms. The van der Waals surface area contributed by atoms with Gasteiger partial charge in [-0.1, -0.05) is 43.2 Å². The molecular weight excluding hydrogens is 380 g/mol. The third kappa shape index (κ3) is 4.51. The van der Waals surface area contributed by atoms with Crippen molar-refractivity contribution in [3.63, 3.8) is 0 Å². The molecule has 1 aromatic carbocycles. The van der Waals surface area contributed by atoms with Crippen LogP contribution in [-0.4, -0.2) is 70.8 Å². The minimum absolute atomic E-state index is 0.0937. The molecule has 3 aliphatic rings. The van der Waals surface area contributed by atoms with Crippen LogP contribution in [0.25, 0.3) is 0 Å². The highest BCUT2D eigenvalue weighted by Crippen LogP contribution is 2.35. The number of urea groups is 1. The van der Waals surface area contributed by atoms with Crippen molar-refractivity contribution in [2.24, 2.45) is 0 Å². The van der Waals surface area contributed by atoms with E-state index in [-0.39, 0.29) is 17.8 Å². The monoisotopic (exact) mass is 412 g/mol. The van der Waals surface area contributed by atoms with Crippen LogP contribution in [0.4, 0.5) is 4.79 Å². The molecular formula is C23H32N4O3. The summed E-state index contributed by atoms with van der Waals surface area (Å²) < 4.78 is 0. The van der Waals surface area contributed by atoms with Crippen LogP contribution in [0.3, 0.4) is 0 Å². The maximum Gasteiger partial charge on any atom is 0.325 e. The minimum Gasteiger partial charge on any atom is -0.341 e. The van der Waals surface area contributed by atoms with E-state index in [1.165, 1.54) is 10.5 Å². The van der Waals surface area contributed by atoms with Crippen molar-refractivity contribution >= 4 is 17.8 Å². The first-order chi connectivity index (χ1) is 14.6. The molecule has 7 nitrogen and oxygen atoms in total. The Kier molecular flexibility index (Phi) is 6.37. The second-order valence-corrected chi connectivity index (χ2v) is 8.78. The molecule has 4 rings (SSSR count). The maximum atomic E-state index is 12.7. The van der Waals surface area contributed by atoms with Crippen molar-refractivity contribution in [3.05, 3.63) is 35.9 Å². The van der Waals surface area contributed by atoms with Crippen LogP contribution in [0.5, 0.6) is 0 Å². The normalized spacial score (nSPS) is 21.9. The zero-order valence-corrected chi connectivity index (χ0v) is 17.6. The molecule has 2 saturated heterocycles. The average molecular weight is 413 g/mol. The molecule has 1 saturated carbocycles. The molecule has 0 radical (unpaired) electrons. The first-order valence-corrected chi connectivity index (χ1v) is 11.3. The predicted molar refractivity (Wildman–Crippen MR) is 114 cm³/mol. The Labute approximate surface area is 178 Å². The standard InChI is InChI=1S/C23H32N4O3/c28-20(10-6-15-27-21(29)23(24-22(27)30)11-4-5-12-23)26-14-7-13-25(16-17-26)18-19-8-2-1-3-9-19/h1-3,8-9H,4-7,10-18H2,(H,24,30). The van der Waals surface area contributed by atoms with Crippen molar-refractivity contribution in [2.45, 2.75) is 57.0 Å². The van der Waals surface area contributed by atoms with Crippen molar-refractivity contribution in [1.82, 2.24) is 20.0 Å². The molecule has 3 fully saturated rings. The number of hydrogen-bond donors (Lipinski definition) is 1. The van der Waals surface area contributed by atoms with Gasteiger partial charge in [0, 0.05) is 45.7 Å². The summed E-state index contributed by atoms with van der Waals surface area (Å²) in [7, 11) is 0. The fourth-order valence-electron chi connectivity index (χ4n) is 4.96. The van der Waals surface area contributed by atoms with Gasteiger partial charge in [-0.15, -0.1) is 0 Å². The molecule has 1 aromatic rings. The van der Waals surface area contributed by atoms with E-state index in [1.807, 2.05) is 11.0 Å². The van der Waals surface area contributed by atoms with Gasteiger partial charge in [0.1, 0.15) is 5.54 Å². The van der Waals surface area contributed by atoms with Crippen LogP contribution < -0.4 is 5.32 Å². The van der Waals surface area contributed by atoms with E-state index < -0.39 is 5.54 Å². The van der Waals surface area contributed by atoms with Crippen LogP contribution in [-0.2, 0) is 16.1 Å². The quantitative estimate of drug-likeness (QED) is 0.728. The van der Waals surface area contributed by atoms with Gasteiger partial charge < -0.3 is 10.2 Å². The molecule has 2 heterocycles. The van der Waals surface area contributed by atoms with E-state index >= 15 is 0 Å². The van der Waals surface area contributed by atoms with E-state index in [4.69, 9.17) is 0 Å². The number of nitrogens with one attached hydrogen (secondary N) is 1. The topological polar surface area (TPSA) is 73.0 Å². The number of carbonyl (C=O) groups is 3. The highest BCUT2D eigenvalue weighted by Gasteiger charge is 2.52. The molecule has 2 aliphatic heterocycles. The summed E-state index contributed by atoms with van der Waals surface area (Å²) in [5, 5.41) is 2.90. The van der Waals surface area contributed by atoms with E-state index in [9.17, 15) is 14.4 Å². The van der Waals surface area contributed by atoms with Crippen LogP contribution in [0, 0.1) is 0 Å². The van der Waals surface area contributed by atoms with Crippen molar-refractivity contribution in [3.8, 4) is 0 Å². The Morgan fingerprint density at radius 2 is 1.73 bits per heavy atom. The first-order valence-electron chi connectivity index (χ1n) is 11.3. The second kappa shape index (κ2) is 9.16. The van der Waals surface area contributed by atoms with Gasteiger partial charge in [-0.25, -0.2) is 4.79 Å². The van der Waals surface area contributed by atoms with Crippen LogP contribution in [0.2, 0.25) is 0 Å². The first kappa shape index (κ1) is 20.8. The molecule has 1 aliphatic carbocycles. The zero-order chi connectivity index (χ0) is 21.0. The Bertz CT molecular complexity index is 776. The average Bonchev–Trinajstić information content (AvgIpc) is 3.21. The van der Waals surface area contributed by atoms with Crippen molar-refractivity contribution < 1.29 is 14.4 Å². The molecule has 0 aromatic heterocycles. The lowest BCUT2D eigenvalue weighted by molar-refractivity contribution is -0.133. The summed E-state index contributed by atoms with van der Waals surface area (Å²) in [6, 6.07) is 10.1. The molecule has 1 N–H and O–H groups in total. The van der Waals surface area contributed by atoms with Crippen LogP contribution in [0.15, 0.2) is 30.3 Å². The molecule has 7 heteroatoms. The highest BCUT2D eigenvalue weighted by atomic mass is 16.2. The lowest BCUT2D eigenvalue weighted by Gasteiger charge is -2.23. The fourth-order valence-corrected chi connectivity index (χ4v) is 4.96. The Balaban J connectivity index is 1.22. The van der Waals surface area contributed by atoms with Gasteiger partial charge in [0.2, 0.25) is 5.91 Å². The molecule has 4 amide bonds. The minimum atomic E-state index is -0.659. The molecule has 0 unspecified atom stereocenters. The van der Waals surface area contributed by atoms with Gasteiger partial charge in [0.25, 0.3) is 5.91 Å². The van der Waals surface area contributed by atoms with Gasteiger partial charge in [0.15, 0.2) is 0 Å². The molecule has 0 atom stereocenters. The predicted octanol–water partition coefficient (Wildman–Crippen LogP) is 2.37. The number of nitrogens with zero attached hydrogens (tertiary/aromatic N) is 3. The van der Waals surface area contributed by atoms with Gasteiger partial charge in [-0.2, -0.15) is 0 Å². The third-order valence-corrected chi connectivity index (χ3v) is 6.67. The summed E-state index contributed by atoms with van der Waals surface area (Å²) in [5.41, 5.74) is 0.638. The van der Waals surface area contributed by atoms with Gasteiger partial charge in [-0.05, 0) is 31.2 Å². The molecule has 1 spiro atoms. The largest absolute Gasteiger partial charge is 0.341 e. The summed E-state index contributed by atoms with van der Waals surface area (Å²) >= 11 is 0. The SMILES string of the molecule is O=C(CCCN1C(=O)NC2(CCCC2)C1=O)N1CCCN(Cc2ccccc2)CC1. The van der Waals surface area contributed by atoms with Gasteiger partial charge in [0.05, 0.1) is 0 Å². The highest BCUT2D eigenvalue weighted by molar-refractivity contribution is 6.07. The number of rotatable bonds is 6. The second-order valence-electron chi connectivity index (χ2n) is 8.78. The van der Waals surface area contributed by atoms with Crippen LogP contribution >= 0.6 is 0 Å². The summed E-state index contributed by atoms with van der Waals surface area (Å²) in [6.07, 6.45) is 5.30. The Morgan fingerprint density at radius 1 is 0.967 bits per heavy atom. The van der Waals surface area contributed by atoms with Gasteiger partial charge >= 0.3 is 6.03 Å². The molecule has 0 bridgehead atoms. The van der Waals surface area contributed by atoms with Crippen molar-refractivity contribution in [1.29, 1.82) is 0 Å². The summed E-state index contributed by atoms with van der Waals surface area (Å²) in [6.45, 7) is 4.61. The van der Waals surface area contributed by atoms with Crippen LogP contribution in [0.1, 0.15) is 50.5 Å². The number of benzene rings is 1.